The molecule has 1 saturated carbocycles. The Morgan fingerprint density at radius 3 is 2.30 bits per heavy atom. The highest BCUT2D eigenvalue weighted by Crippen LogP contribution is 2.37. The Morgan fingerprint density at radius 2 is 1.75 bits per heavy atom. The Balaban J connectivity index is 1.92. The number of esters is 1. The first-order valence-electron chi connectivity index (χ1n) is 13.8. The number of methoxy groups -OCH3 is 1. The number of carbonyl (C=O) groups excluding carboxylic acids is 3. The lowest BCUT2D eigenvalue weighted by molar-refractivity contribution is -0.156. The van der Waals surface area contributed by atoms with Crippen LogP contribution in [0.3, 0.4) is 0 Å². The predicted molar refractivity (Wildman–Crippen MR) is 156 cm³/mol. The van der Waals surface area contributed by atoms with Crippen molar-refractivity contribution in [3.05, 3.63) is 40.8 Å². The summed E-state index contributed by atoms with van der Waals surface area (Å²) in [6.45, 7) is 7.83. The molecular weight excluding hydrogens is 550 g/mol. The van der Waals surface area contributed by atoms with Crippen LogP contribution in [0.2, 0.25) is 0 Å². The number of nitrogens with zero attached hydrogens (tertiary/aromatic N) is 1. The molecule has 2 aromatic rings. The van der Waals surface area contributed by atoms with Crippen LogP contribution in [-0.4, -0.2) is 50.9 Å². The second-order valence-electron chi connectivity index (χ2n) is 10.7. The van der Waals surface area contributed by atoms with Crippen molar-refractivity contribution < 1.29 is 27.5 Å². The predicted octanol–water partition coefficient (Wildman–Crippen LogP) is 5.09. The fourth-order valence-electron chi connectivity index (χ4n) is 5.23. The van der Waals surface area contributed by atoms with Gasteiger partial charge in [-0.05, 0) is 55.2 Å². The molecule has 1 atom stereocenters. The number of sulfonamides is 1. The maximum Gasteiger partial charge on any atom is 0.328 e. The summed E-state index contributed by atoms with van der Waals surface area (Å²) < 4.78 is 33.6. The molecule has 1 aliphatic carbocycles. The highest BCUT2D eigenvalue weighted by molar-refractivity contribution is 7.92. The van der Waals surface area contributed by atoms with E-state index in [2.05, 4.69) is 23.9 Å². The molecule has 1 heterocycles. The Hall–Kier alpha value is -2.92. The molecule has 1 fully saturated rings. The van der Waals surface area contributed by atoms with Crippen molar-refractivity contribution in [1.82, 2.24) is 14.9 Å². The van der Waals surface area contributed by atoms with Crippen molar-refractivity contribution >= 4 is 39.3 Å². The molecule has 0 radical (unpaired) electrons. The van der Waals surface area contributed by atoms with E-state index in [1.807, 2.05) is 30.3 Å². The van der Waals surface area contributed by atoms with E-state index in [0.29, 0.717) is 30.0 Å². The first-order valence-corrected chi connectivity index (χ1v) is 16.1. The zero-order valence-electron chi connectivity index (χ0n) is 24.0. The second-order valence-corrected chi connectivity index (χ2v) is 13.7. The summed E-state index contributed by atoms with van der Waals surface area (Å²) >= 11 is 1.16. The Morgan fingerprint density at radius 1 is 1.10 bits per heavy atom. The number of ether oxygens (including phenoxy) is 1. The van der Waals surface area contributed by atoms with Crippen molar-refractivity contribution in [3.63, 3.8) is 0 Å². The zero-order chi connectivity index (χ0) is 29.4. The summed E-state index contributed by atoms with van der Waals surface area (Å²) in [5.74, 6) is -0.222. The van der Waals surface area contributed by atoms with Crippen LogP contribution in [0.15, 0.2) is 34.5 Å². The number of nitrogens with one attached hydrogen (secondary N) is 2. The van der Waals surface area contributed by atoms with Crippen LogP contribution >= 0.6 is 11.3 Å². The molecule has 0 spiro atoms. The van der Waals surface area contributed by atoms with E-state index >= 15 is 0 Å². The van der Waals surface area contributed by atoms with E-state index in [-0.39, 0.29) is 22.6 Å². The summed E-state index contributed by atoms with van der Waals surface area (Å²) in [6.07, 6.45) is 5.64. The van der Waals surface area contributed by atoms with E-state index in [0.717, 1.165) is 53.9 Å². The maximum absolute atomic E-state index is 13.2. The van der Waals surface area contributed by atoms with E-state index in [9.17, 15) is 22.8 Å². The Labute approximate surface area is 241 Å². The van der Waals surface area contributed by atoms with E-state index in [1.54, 1.807) is 11.8 Å². The van der Waals surface area contributed by atoms with Crippen molar-refractivity contribution in [2.75, 3.05) is 13.7 Å². The molecule has 3 amide bonds. The SMILES string of the molecule is CCNC(=O)NS(=O)(=O)c1sc(CC(C)C)cc1-c1ccc(CN(C(C)=O)C(C(=O)OC)C2CCCCC2)cc1. The summed E-state index contributed by atoms with van der Waals surface area (Å²) in [7, 11) is -2.75. The molecule has 1 aromatic carbocycles. The lowest BCUT2D eigenvalue weighted by Crippen LogP contribution is -2.49. The molecule has 1 unspecified atom stereocenters. The summed E-state index contributed by atoms with van der Waals surface area (Å²) in [6, 6.07) is 7.76. The standard InChI is InChI=1S/C29H41N3O6S2/c1-6-30-29(35)31-40(36,37)28-25(17-24(39-28)16-19(2)3)22-14-12-21(13-15-22)18-32(20(4)33)26(27(34)38-5)23-10-8-7-9-11-23/h12-15,17,19,23,26H,6-11,16,18H2,1-5H3,(H2,30,31,35). The number of hydrogen-bond acceptors (Lipinski definition) is 7. The minimum Gasteiger partial charge on any atom is -0.467 e. The highest BCUT2D eigenvalue weighted by Gasteiger charge is 2.37. The number of urea groups is 1. The van der Waals surface area contributed by atoms with Crippen LogP contribution in [0.5, 0.6) is 0 Å². The van der Waals surface area contributed by atoms with Crippen molar-refractivity contribution in [1.29, 1.82) is 0 Å². The largest absolute Gasteiger partial charge is 0.467 e. The van der Waals surface area contributed by atoms with E-state index in [4.69, 9.17) is 4.74 Å². The maximum atomic E-state index is 13.2. The molecule has 40 heavy (non-hydrogen) atoms. The molecule has 0 saturated heterocycles. The van der Waals surface area contributed by atoms with Crippen LogP contribution in [0.1, 0.15) is 70.2 Å². The smallest absolute Gasteiger partial charge is 0.328 e. The monoisotopic (exact) mass is 591 g/mol. The second kappa shape index (κ2) is 14.1. The number of rotatable bonds is 11. The van der Waals surface area contributed by atoms with Gasteiger partial charge in [-0.25, -0.2) is 22.7 Å². The molecule has 2 N–H and O–H groups in total. The van der Waals surface area contributed by atoms with Gasteiger partial charge in [0.25, 0.3) is 10.0 Å². The molecular formula is C29H41N3O6S2. The van der Waals surface area contributed by atoms with E-state index in [1.165, 1.54) is 14.0 Å². The van der Waals surface area contributed by atoms with Crippen LogP contribution in [0.4, 0.5) is 4.79 Å². The van der Waals surface area contributed by atoms with Crippen molar-refractivity contribution in [2.24, 2.45) is 11.8 Å². The molecule has 220 valence electrons. The van der Waals surface area contributed by atoms with Gasteiger partial charge in [-0.15, -0.1) is 11.3 Å². The van der Waals surface area contributed by atoms with Crippen LogP contribution in [0.25, 0.3) is 11.1 Å². The van der Waals surface area contributed by atoms with Crippen molar-refractivity contribution in [3.8, 4) is 11.1 Å². The number of thiophene rings is 1. The summed E-state index contributed by atoms with van der Waals surface area (Å²) in [5, 5.41) is 2.46. The summed E-state index contributed by atoms with van der Waals surface area (Å²) in [4.78, 5) is 40.1. The first kappa shape index (κ1) is 31.6. The summed E-state index contributed by atoms with van der Waals surface area (Å²) in [5.41, 5.74) is 2.01. The van der Waals surface area contributed by atoms with Gasteiger partial charge in [-0.1, -0.05) is 57.4 Å². The molecule has 3 rings (SSSR count). The number of benzene rings is 1. The van der Waals surface area contributed by atoms with Gasteiger partial charge in [0.15, 0.2) is 0 Å². The van der Waals surface area contributed by atoms with Crippen LogP contribution in [0, 0.1) is 11.8 Å². The van der Waals surface area contributed by atoms with Crippen LogP contribution in [-0.2, 0) is 37.3 Å². The number of carbonyl (C=O) groups is 3. The van der Waals surface area contributed by atoms with Gasteiger partial charge < -0.3 is 15.0 Å². The molecule has 0 bridgehead atoms. The van der Waals surface area contributed by atoms with Gasteiger partial charge in [0.1, 0.15) is 10.3 Å². The zero-order valence-corrected chi connectivity index (χ0v) is 25.6. The average molecular weight is 592 g/mol. The number of hydrogen-bond donors (Lipinski definition) is 2. The van der Waals surface area contributed by atoms with E-state index < -0.39 is 28.1 Å². The van der Waals surface area contributed by atoms with Gasteiger partial charge in [-0.3, -0.25) is 4.79 Å². The van der Waals surface area contributed by atoms with Gasteiger partial charge in [0.05, 0.1) is 7.11 Å². The average Bonchev–Trinajstić information content (AvgIpc) is 3.33. The first-order chi connectivity index (χ1) is 19.0. The third-order valence-corrected chi connectivity index (χ3v) is 10.1. The van der Waals surface area contributed by atoms with Gasteiger partial charge in [0, 0.05) is 30.5 Å². The van der Waals surface area contributed by atoms with Gasteiger partial charge in [-0.2, -0.15) is 0 Å². The third-order valence-electron chi connectivity index (χ3n) is 7.06. The van der Waals surface area contributed by atoms with Crippen LogP contribution < -0.4 is 10.0 Å². The minimum atomic E-state index is -4.10. The molecule has 0 aliphatic heterocycles. The highest BCUT2D eigenvalue weighted by atomic mass is 32.2. The topological polar surface area (TPSA) is 122 Å². The number of amides is 3. The fraction of sp³-hybridized carbons (Fsp3) is 0.552. The van der Waals surface area contributed by atoms with Gasteiger partial charge >= 0.3 is 12.0 Å². The normalized spacial score (nSPS) is 14.9. The lowest BCUT2D eigenvalue weighted by atomic mass is 9.83. The Kier molecular flexibility index (Phi) is 11.2. The molecule has 9 nitrogen and oxygen atoms in total. The van der Waals surface area contributed by atoms with Crippen molar-refractivity contribution in [2.45, 2.75) is 83.0 Å². The molecule has 1 aliphatic rings. The lowest BCUT2D eigenvalue weighted by Gasteiger charge is -2.36. The fourth-order valence-corrected chi connectivity index (χ4v) is 8.11. The van der Waals surface area contributed by atoms with Gasteiger partial charge in [0.2, 0.25) is 5.91 Å². The Bertz CT molecular complexity index is 1280. The molecule has 11 heteroatoms. The minimum absolute atomic E-state index is 0.0553. The molecule has 1 aromatic heterocycles. The third kappa shape index (κ3) is 8.06. The quantitative estimate of drug-likeness (QED) is 0.351.